The molecule has 0 heterocycles. The fraction of sp³-hybridized carbons (Fsp3) is 0.462. The number of aliphatic imine (C=N–C) groups is 1. The molecule has 0 spiro atoms. The molecule has 0 aromatic heterocycles. The van der Waals surface area contributed by atoms with Crippen LogP contribution in [0.3, 0.4) is 0 Å². The first-order valence-corrected chi connectivity index (χ1v) is 5.23. The van der Waals surface area contributed by atoms with Crippen LogP contribution in [0.2, 0.25) is 0 Å². The second kappa shape index (κ2) is 4.47. The third kappa shape index (κ3) is 2.82. The normalized spacial score (nSPS) is 12.7. The Bertz CT molecular complexity index is 333. The van der Waals surface area contributed by atoms with Crippen molar-refractivity contribution in [2.75, 3.05) is 19.0 Å². The molecule has 1 aromatic carbocycles. The summed E-state index contributed by atoms with van der Waals surface area (Å²) in [5.41, 5.74) is 1.24. The predicted octanol–water partition coefficient (Wildman–Crippen LogP) is 3.20. The zero-order chi connectivity index (χ0) is 11.5. The first kappa shape index (κ1) is 11.8. The third-order valence-corrected chi connectivity index (χ3v) is 2.34. The maximum Gasteiger partial charge on any atom is 0.108 e. The number of nitrogens with zero attached hydrogens (tertiary/aromatic N) is 2. The Kier molecular flexibility index (Phi) is 3.51. The first-order chi connectivity index (χ1) is 6.96. The zero-order valence-corrected chi connectivity index (χ0v) is 10.3. The van der Waals surface area contributed by atoms with E-state index in [0.29, 0.717) is 0 Å². The average molecular weight is 204 g/mol. The molecule has 82 valence electrons. The van der Waals surface area contributed by atoms with Gasteiger partial charge in [0.05, 0.1) is 0 Å². The molecular formula is C13H20N2. The van der Waals surface area contributed by atoms with Gasteiger partial charge in [0.15, 0.2) is 0 Å². The van der Waals surface area contributed by atoms with Gasteiger partial charge < -0.3 is 4.90 Å². The van der Waals surface area contributed by atoms with Gasteiger partial charge in [-0.1, -0.05) is 39.0 Å². The van der Waals surface area contributed by atoms with Gasteiger partial charge in [-0.2, -0.15) is 0 Å². The van der Waals surface area contributed by atoms with Crippen molar-refractivity contribution in [3.05, 3.63) is 30.3 Å². The van der Waals surface area contributed by atoms with E-state index in [1.54, 1.807) is 0 Å². The highest BCUT2D eigenvalue weighted by Crippen LogP contribution is 2.22. The van der Waals surface area contributed by atoms with Crippen LogP contribution in [-0.4, -0.2) is 19.9 Å². The van der Waals surface area contributed by atoms with Crippen LogP contribution in [0.5, 0.6) is 0 Å². The van der Waals surface area contributed by atoms with Crippen molar-refractivity contribution in [3.63, 3.8) is 0 Å². The van der Waals surface area contributed by atoms with E-state index in [2.05, 4.69) is 49.8 Å². The highest BCUT2D eigenvalue weighted by Gasteiger charge is 2.22. The first-order valence-electron chi connectivity index (χ1n) is 5.23. The van der Waals surface area contributed by atoms with Crippen LogP contribution in [-0.2, 0) is 0 Å². The van der Waals surface area contributed by atoms with Crippen LogP contribution in [0.25, 0.3) is 0 Å². The van der Waals surface area contributed by atoms with Crippen molar-refractivity contribution >= 4 is 11.5 Å². The molecule has 0 radical (unpaired) electrons. The molecule has 0 fully saturated rings. The number of anilines is 1. The van der Waals surface area contributed by atoms with E-state index >= 15 is 0 Å². The van der Waals surface area contributed by atoms with E-state index in [9.17, 15) is 0 Å². The van der Waals surface area contributed by atoms with Gasteiger partial charge in [0.25, 0.3) is 0 Å². The number of rotatable bonds is 1. The van der Waals surface area contributed by atoms with Crippen molar-refractivity contribution in [3.8, 4) is 0 Å². The molecule has 0 aliphatic rings. The molecule has 0 atom stereocenters. The van der Waals surface area contributed by atoms with E-state index in [0.717, 1.165) is 5.84 Å². The lowest BCUT2D eigenvalue weighted by Crippen LogP contribution is -2.36. The molecule has 0 N–H and O–H groups in total. The maximum absolute atomic E-state index is 4.38. The van der Waals surface area contributed by atoms with E-state index < -0.39 is 0 Å². The number of amidine groups is 1. The summed E-state index contributed by atoms with van der Waals surface area (Å²) in [4.78, 5) is 6.52. The zero-order valence-electron chi connectivity index (χ0n) is 10.3. The van der Waals surface area contributed by atoms with Gasteiger partial charge in [-0.25, -0.2) is 0 Å². The standard InChI is InChI=1S/C13H20N2/c1-13(2,3)12(14-4)15(5)11-9-7-6-8-10-11/h6-10H,1-5H3/b14-12-. The Morgan fingerprint density at radius 1 is 1.13 bits per heavy atom. The minimum atomic E-state index is 0.0688. The van der Waals surface area contributed by atoms with Gasteiger partial charge in [0.1, 0.15) is 5.84 Å². The smallest absolute Gasteiger partial charge is 0.108 e. The fourth-order valence-corrected chi connectivity index (χ4v) is 1.76. The topological polar surface area (TPSA) is 15.6 Å². The summed E-state index contributed by atoms with van der Waals surface area (Å²) in [7, 11) is 3.91. The van der Waals surface area contributed by atoms with Crippen LogP contribution < -0.4 is 4.90 Å². The quantitative estimate of drug-likeness (QED) is 0.506. The van der Waals surface area contributed by atoms with Crippen LogP contribution in [0, 0.1) is 5.41 Å². The van der Waals surface area contributed by atoms with Crippen molar-refractivity contribution < 1.29 is 0 Å². The van der Waals surface area contributed by atoms with E-state index in [1.807, 2.05) is 25.2 Å². The minimum Gasteiger partial charge on any atom is -0.333 e. The molecule has 2 nitrogen and oxygen atoms in total. The molecule has 0 aliphatic heterocycles. The second-order valence-electron chi connectivity index (χ2n) is 4.69. The SMILES string of the molecule is C/N=C(\N(C)c1ccccc1)C(C)(C)C. The van der Waals surface area contributed by atoms with E-state index in [-0.39, 0.29) is 5.41 Å². The fourth-order valence-electron chi connectivity index (χ4n) is 1.76. The highest BCUT2D eigenvalue weighted by atomic mass is 15.2. The minimum absolute atomic E-state index is 0.0688. The summed E-state index contributed by atoms with van der Waals surface area (Å²) in [6.45, 7) is 6.53. The Morgan fingerprint density at radius 3 is 2.07 bits per heavy atom. The summed E-state index contributed by atoms with van der Waals surface area (Å²) in [6, 6.07) is 10.3. The Morgan fingerprint density at radius 2 is 1.67 bits per heavy atom. The predicted molar refractivity (Wildman–Crippen MR) is 67.7 cm³/mol. The summed E-state index contributed by atoms with van der Waals surface area (Å²) in [6.07, 6.45) is 0. The third-order valence-electron chi connectivity index (χ3n) is 2.34. The molecule has 0 bridgehead atoms. The van der Waals surface area contributed by atoms with Gasteiger partial charge in [0, 0.05) is 25.2 Å². The molecule has 0 saturated carbocycles. The molecule has 2 heteroatoms. The monoisotopic (exact) mass is 204 g/mol. The van der Waals surface area contributed by atoms with Gasteiger partial charge in [-0.3, -0.25) is 4.99 Å². The molecule has 0 unspecified atom stereocenters. The summed E-state index contributed by atoms with van der Waals surface area (Å²) in [5, 5.41) is 0. The van der Waals surface area contributed by atoms with Crippen molar-refractivity contribution in [1.29, 1.82) is 0 Å². The van der Waals surface area contributed by atoms with Crippen LogP contribution >= 0.6 is 0 Å². The Hall–Kier alpha value is -1.31. The highest BCUT2D eigenvalue weighted by molar-refractivity contribution is 6.00. The van der Waals surface area contributed by atoms with Crippen molar-refractivity contribution in [2.45, 2.75) is 20.8 Å². The van der Waals surface area contributed by atoms with Crippen LogP contribution in [0.1, 0.15) is 20.8 Å². The van der Waals surface area contributed by atoms with Gasteiger partial charge in [-0.05, 0) is 12.1 Å². The average Bonchev–Trinajstić information content (AvgIpc) is 2.18. The van der Waals surface area contributed by atoms with Crippen LogP contribution in [0.15, 0.2) is 35.3 Å². The lowest BCUT2D eigenvalue weighted by molar-refractivity contribution is 0.579. The second-order valence-corrected chi connectivity index (χ2v) is 4.69. The molecule has 1 rings (SSSR count). The molecule has 15 heavy (non-hydrogen) atoms. The van der Waals surface area contributed by atoms with Gasteiger partial charge >= 0.3 is 0 Å². The van der Waals surface area contributed by atoms with Gasteiger partial charge in [-0.15, -0.1) is 0 Å². The number of hydrogen-bond donors (Lipinski definition) is 0. The maximum atomic E-state index is 4.38. The molecule has 0 amide bonds. The number of para-hydroxylation sites is 1. The summed E-state index contributed by atoms with van der Waals surface area (Å²) in [5.74, 6) is 1.09. The molecule has 0 saturated heterocycles. The van der Waals surface area contributed by atoms with Crippen LogP contribution in [0.4, 0.5) is 5.69 Å². The molecular weight excluding hydrogens is 184 g/mol. The summed E-state index contributed by atoms with van der Waals surface area (Å²) < 4.78 is 0. The molecule has 1 aromatic rings. The number of benzene rings is 1. The van der Waals surface area contributed by atoms with E-state index in [4.69, 9.17) is 0 Å². The van der Waals surface area contributed by atoms with Crippen molar-refractivity contribution in [1.82, 2.24) is 0 Å². The summed E-state index contributed by atoms with van der Waals surface area (Å²) >= 11 is 0. The van der Waals surface area contributed by atoms with E-state index in [1.165, 1.54) is 5.69 Å². The number of hydrogen-bond acceptors (Lipinski definition) is 1. The lowest BCUT2D eigenvalue weighted by atomic mass is 9.94. The molecule has 0 aliphatic carbocycles. The Balaban J connectivity index is 2.99. The lowest BCUT2D eigenvalue weighted by Gasteiger charge is -2.30. The largest absolute Gasteiger partial charge is 0.333 e. The Labute approximate surface area is 92.6 Å². The van der Waals surface area contributed by atoms with Gasteiger partial charge in [0.2, 0.25) is 0 Å². The van der Waals surface area contributed by atoms with Crippen molar-refractivity contribution in [2.24, 2.45) is 10.4 Å².